The Hall–Kier alpha value is -3.08. The first-order valence-corrected chi connectivity index (χ1v) is 11.8. The number of carbonyl (C=O) groups is 3. The minimum atomic E-state index is -0.487. The van der Waals surface area contributed by atoms with Gasteiger partial charge in [-0.05, 0) is 43.3 Å². The molecule has 9 nitrogen and oxygen atoms in total. The number of benzene rings is 2. The zero-order valence-corrected chi connectivity index (χ0v) is 20.6. The number of hydrogen-bond donors (Lipinski definition) is 2. The highest BCUT2D eigenvalue weighted by atomic mass is 35.5. The first-order valence-electron chi connectivity index (χ1n) is 10.1. The van der Waals surface area contributed by atoms with Crippen molar-refractivity contribution in [2.24, 2.45) is 0 Å². The van der Waals surface area contributed by atoms with Crippen LogP contribution in [0, 0.1) is 0 Å². The van der Waals surface area contributed by atoms with E-state index in [0.717, 1.165) is 0 Å². The molecule has 0 aliphatic heterocycles. The summed E-state index contributed by atoms with van der Waals surface area (Å²) in [6.45, 7) is 2.59. The van der Waals surface area contributed by atoms with Crippen LogP contribution in [-0.4, -0.2) is 45.4 Å². The van der Waals surface area contributed by atoms with E-state index in [1.165, 1.54) is 31.0 Å². The summed E-state index contributed by atoms with van der Waals surface area (Å²) in [6, 6.07) is 11.1. The molecule has 0 saturated heterocycles. The number of anilines is 1. The first-order chi connectivity index (χ1) is 16.3. The van der Waals surface area contributed by atoms with E-state index in [9.17, 15) is 14.4 Å². The highest BCUT2D eigenvalue weighted by Gasteiger charge is 2.16. The molecule has 2 aromatic carbocycles. The summed E-state index contributed by atoms with van der Waals surface area (Å²) >= 11 is 13.2. The van der Waals surface area contributed by atoms with Gasteiger partial charge in [0.25, 0.3) is 5.91 Å². The molecule has 1 aromatic heterocycles. The zero-order chi connectivity index (χ0) is 24.7. The maximum Gasteiger partial charge on any atom is 0.337 e. The fraction of sp³-hybridized carbons (Fsp3) is 0.227. The van der Waals surface area contributed by atoms with Crippen LogP contribution in [0.1, 0.15) is 33.5 Å². The number of aromatic nitrogens is 3. The van der Waals surface area contributed by atoms with Gasteiger partial charge in [-0.1, -0.05) is 41.0 Å². The number of ether oxygens (including phenoxy) is 1. The number of carbonyl (C=O) groups excluding carboxylic acids is 3. The number of hydrogen-bond acceptors (Lipinski definition) is 7. The molecule has 0 spiro atoms. The van der Waals surface area contributed by atoms with Crippen LogP contribution in [0.25, 0.3) is 0 Å². The van der Waals surface area contributed by atoms with E-state index in [0.29, 0.717) is 39.4 Å². The predicted molar refractivity (Wildman–Crippen MR) is 130 cm³/mol. The Balaban J connectivity index is 1.58. The molecule has 1 heterocycles. The molecule has 0 unspecified atom stereocenters. The lowest BCUT2D eigenvalue weighted by Crippen LogP contribution is -2.25. The summed E-state index contributed by atoms with van der Waals surface area (Å²) < 4.78 is 6.49. The van der Waals surface area contributed by atoms with E-state index in [1.54, 1.807) is 34.9 Å². The van der Waals surface area contributed by atoms with Crippen LogP contribution < -0.4 is 10.6 Å². The first kappa shape index (κ1) is 25.5. The Bertz CT molecular complexity index is 1220. The molecular formula is C22H21Cl2N5O4S. The number of thioether (sulfide) groups is 1. The van der Waals surface area contributed by atoms with Crippen molar-refractivity contribution < 1.29 is 19.1 Å². The van der Waals surface area contributed by atoms with Crippen LogP contribution in [0.4, 0.5) is 5.69 Å². The van der Waals surface area contributed by atoms with Crippen molar-refractivity contribution in [1.82, 2.24) is 20.1 Å². The van der Waals surface area contributed by atoms with E-state index in [4.69, 9.17) is 23.2 Å². The minimum absolute atomic E-state index is 0.0767. The second-order valence-corrected chi connectivity index (χ2v) is 8.65. The molecule has 0 aliphatic rings. The maximum atomic E-state index is 12.4. The van der Waals surface area contributed by atoms with Crippen molar-refractivity contribution in [3.63, 3.8) is 0 Å². The average molecular weight is 522 g/mol. The van der Waals surface area contributed by atoms with Gasteiger partial charge in [-0.25, -0.2) is 4.79 Å². The Morgan fingerprint density at radius 3 is 2.62 bits per heavy atom. The molecule has 0 fully saturated rings. The fourth-order valence-corrected chi connectivity index (χ4v) is 4.29. The molecule has 34 heavy (non-hydrogen) atoms. The lowest BCUT2D eigenvalue weighted by Gasteiger charge is -2.10. The summed E-state index contributed by atoms with van der Waals surface area (Å²) in [7, 11) is 1.29. The number of rotatable bonds is 9. The SMILES string of the molecule is CCn1c(CNC(=O)c2ccc(Cl)cc2Cl)nnc1SCC(=O)Nc1cccc(C(=O)OC)c1. The van der Waals surface area contributed by atoms with Crippen molar-refractivity contribution in [2.45, 2.75) is 25.2 Å². The van der Waals surface area contributed by atoms with Gasteiger partial charge in [-0.2, -0.15) is 0 Å². The monoisotopic (exact) mass is 521 g/mol. The molecule has 3 rings (SSSR count). The van der Waals surface area contributed by atoms with Crippen LogP contribution in [0.15, 0.2) is 47.6 Å². The third-order valence-corrected chi connectivity index (χ3v) is 6.11. The summed E-state index contributed by atoms with van der Waals surface area (Å²) in [5.74, 6) is -0.512. The molecule has 178 valence electrons. The Labute approximate surface area is 210 Å². The van der Waals surface area contributed by atoms with Gasteiger partial charge in [0.1, 0.15) is 0 Å². The molecule has 12 heteroatoms. The van der Waals surface area contributed by atoms with Gasteiger partial charge < -0.3 is 19.9 Å². The fourth-order valence-electron chi connectivity index (χ4n) is 2.97. The third-order valence-electron chi connectivity index (χ3n) is 4.59. The summed E-state index contributed by atoms with van der Waals surface area (Å²) in [5, 5.41) is 15.0. The van der Waals surface area contributed by atoms with Gasteiger partial charge in [-0.15, -0.1) is 10.2 Å². The van der Waals surface area contributed by atoms with E-state index >= 15 is 0 Å². The van der Waals surface area contributed by atoms with Gasteiger partial charge in [0.05, 0.1) is 35.6 Å². The second kappa shape index (κ2) is 11.9. The van der Waals surface area contributed by atoms with Crippen LogP contribution in [0.2, 0.25) is 10.0 Å². The molecule has 0 saturated carbocycles. The highest BCUT2D eigenvalue weighted by molar-refractivity contribution is 7.99. The van der Waals surface area contributed by atoms with Crippen molar-refractivity contribution in [1.29, 1.82) is 0 Å². The van der Waals surface area contributed by atoms with Gasteiger partial charge in [-0.3, -0.25) is 9.59 Å². The number of methoxy groups -OCH3 is 1. The van der Waals surface area contributed by atoms with Gasteiger partial charge in [0, 0.05) is 17.3 Å². The van der Waals surface area contributed by atoms with Crippen LogP contribution >= 0.6 is 35.0 Å². The smallest absolute Gasteiger partial charge is 0.337 e. The predicted octanol–water partition coefficient (Wildman–Crippen LogP) is 4.05. The van der Waals surface area contributed by atoms with Crippen LogP contribution in [0.5, 0.6) is 0 Å². The quantitative estimate of drug-likeness (QED) is 0.322. The lowest BCUT2D eigenvalue weighted by atomic mass is 10.2. The molecule has 0 bridgehead atoms. The average Bonchev–Trinajstić information content (AvgIpc) is 3.22. The molecule has 0 atom stereocenters. The van der Waals surface area contributed by atoms with Crippen molar-refractivity contribution in [2.75, 3.05) is 18.2 Å². The maximum absolute atomic E-state index is 12.4. The highest BCUT2D eigenvalue weighted by Crippen LogP contribution is 2.21. The number of nitrogens with zero attached hydrogens (tertiary/aromatic N) is 3. The molecule has 3 aromatic rings. The summed E-state index contributed by atoms with van der Waals surface area (Å²) in [4.78, 5) is 36.5. The molecule has 2 amide bonds. The van der Waals surface area contributed by atoms with Crippen LogP contribution in [-0.2, 0) is 22.6 Å². The third kappa shape index (κ3) is 6.49. The zero-order valence-electron chi connectivity index (χ0n) is 18.3. The van der Waals surface area contributed by atoms with Crippen molar-refractivity contribution in [3.05, 3.63) is 69.5 Å². The molecule has 2 N–H and O–H groups in total. The number of amides is 2. The summed E-state index contributed by atoms with van der Waals surface area (Å²) in [5.41, 5.74) is 1.12. The van der Waals surface area contributed by atoms with E-state index in [-0.39, 0.29) is 29.1 Å². The van der Waals surface area contributed by atoms with E-state index in [1.807, 2.05) is 6.92 Å². The standard InChI is InChI=1S/C22H21Cl2N5O4S/c1-3-29-18(11-25-20(31)16-8-7-14(23)10-17(16)24)27-28-22(29)34-12-19(30)26-15-6-4-5-13(9-15)21(32)33-2/h4-10H,3,11-12H2,1-2H3,(H,25,31)(H,26,30). The second-order valence-electron chi connectivity index (χ2n) is 6.86. The lowest BCUT2D eigenvalue weighted by molar-refractivity contribution is -0.113. The molecule has 0 radical (unpaired) electrons. The number of esters is 1. The normalized spacial score (nSPS) is 10.6. The largest absolute Gasteiger partial charge is 0.465 e. The number of halogens is 2. The molecular weight excluding hydrogens is 501 g/mol. The van der Waals surface area contributed by atoms with E-state index in [2.05, 4.69) is 25.6 Å². The van der Waals surface area contributed by atoms with Crippen molar-refractivity contribution in [3.8, 4) is 0 Å². The minimum Gasteiger partial charge on any atom is -0.465 e. The van der Waals surface area contributed by atoms with Gasteiger partial charge >= 0.3 is 5.97 Å². The van der Waals surface area contributed by atoms with E-state index < -0.39 is 5.97 Å². The van der Waals surface area contributed by atoms with Crippen LogP contribution in [0.3, 0.4) is 0 Å². The van der Waals surface area contributed by atoms with Crippen molar-refractivity contribution >= 4 is 58.4 Å². The summed E-state index contributed by atoms with van der Waals surface area (Å²) in [6.07, 6.45) is 0. The van der Waals surface area contributed by atoms with Gasteiger partial charge in [0.2, 0.25) is 5.91 Å². The number of nitrogens with one attached hydrogen (secondary N) is 2. The Morgan fingerprint density at radius 2 is 1.91 bits per heavy atom. The Kier molecular flexibility index (Phi) is 8.91. The molecule has 0 aliphatic carbocycles. The topological polar surface area (TPSA) is 115 Å². The van der Waals surface area contributed by atoms with Gasteiger partial charge in [0.15, 0.2) is 11.0 Å². The Morgan fingerprint density at radius 1 is 1.12 bits per heavy atom.